The minimum Gasteiger partial charge on any atom is -0.477 e. The lowest BCUT2D eigenvalue weighted by Gasteiger charge is -2.25. The second-order valence-corrected chi connectivity index (χ2v) is 7.88. The van der Waals surface area contributed by atoms with Crippen molar-refractivity contribution >= 4 is 27.3 Å². The summed E-state index contributed by atoms with van der Waals surface area (Å²) in [5, 5.41) is 12.9. The quantitative estimate of drug-likeness (QED) is 0.905. The largest absolute Gasteiger partial charge is 0.477 e. The Morgan fingerprint density at radius 1 is 1.48 bits per heavy atom. The van der Waals surface area contributed by atoms with Gasteiger partial charge in [0, 0.05) is 31.2 Å². The summed E-state index contributed by atoms with van der Waals surface area (Å²) in [6.07, 6.45) is 3.31. The number of carbonyl (C=O) groups is 1. The number of thiophene rings is 1. The third-order valence-corrected chi connectivity index (χ3v) is 6.33. The second-order valence-electron chi connectivity index (χ2n) is 4.80. The molecule has 0 spiro atoms. The molecule has 0 fully saturated rings. The molecule has 9 heteroatoms. The molecule has 0 saturated carbocycles. The molecule has 112 valence electrons. The van der Waals surface area contributed by atoms with Crippen molar-refractivity contribution in [2.24, 2.45) is 7.05 Å². The van der Waals surface area contributed by atoms with Gasteiger partial charge in [0.2, 0.25) is 10.0 Å². The molecule has 0 bridgehead atoms. The number of carboxylic acid groups (broad SMARTS) is 1. The first kappa shape index (κ1) is 14.2. The number of nitrogens with zero attached hydrogens (tertiary/aromatic N) is 3. The van der Waals surface area contributed by atoms with Gasteiger partial charge in [-0.25, -0.2) is 13.2 Å². The van der Waals surface area contributed by atoms with Crippen molar-refractivity contribution in [2.45, 2.75) is 17.9 Å². The van der Waals surface area contributed by atoms with Gasteiger partial charge in [-0.15, -0.1) is 11.3 Å². The number of aromatic carboxylic acids is 1. The molecule has 0 radical (unpaired) electrons. The predicted molar refractivity (Wildman–Crippen MR) is 75.8 cm³/mol. The highest BCUT2D eigenvalue weighted by Gasteiger charge is 2.31. The van der Waals surface area contributed by atoms with Crippen molar-refractivity contribution in [1.29, 1.82) is 0 Å². The topological polar surface area (TPSA) is 92.5 Å². The van der Waals surface area contributed by atoms with E-state index in [0.717, 1.165) is 21.8 Å². The molecule has 7 nitrogen and oxygen atoms in total. The Morgan fingerprint density at radius 3 is 2.86 bits per heavy atom. The van der Waals surface area contributed by atoms with Crippen LogP contribution in [0.25, 0.3) is 0 Å². The van der Waals surface area contributed by atoms with Gasteiger partial charge in [0.25, 0.3) is 0 Å². The maximum absolute atomic E-state index is 12.5. The van der Waals surface area contributed by atoms with E-state index in [4.69, 9.17) is 5.11 Å². The fourth-order valence-corrected chi connectivity index (χ4v) is 4.83. The van der Waals surface area contributed by atoms with Crippen LogP contribution >= 0.6 is 11.3 Å². The Hall–Kier alpha value is -1.71. The fraction of sp³-hybridized carbons (Fsp3) is 0.333. The van der Waals surface area contributed by atoms with Crippen molar-refractivity contribution in [3.05, 3.63) is 33.8 Å². The lowest BCUT2D eigenvalue weighted by Crippen LogP contribution is -2.35. The fourth-order valence-electron chi connectivity index (χ4n) is 2.29. The van der Waals surface area contributed by atoms with Gasteiger partial charge in [-0.1, -0.05) is 0 Å². The molecule has 1 aliphatic heterocycles. The molecule has 2 aromatic rings. The molecule has 0 aromatic carbocycles. The Labute approximate surface area is 125 Å². The zero-order valence-electron chi connectivity index (χ0n) is 11.2. The minimum atomic E-state index is -3.59. The number of aromatic nitrogens is 2. The van der Waals surface area contributed by atoms with Crippen LogP contribution in [0.1, 0.15) is 20.1 Å². The average molecular weight is 327 g/mol. The van der Waals surface area contributed by atoms with E-state index in [1.165, 1.54) is 21.4 Å². The van der Waals surface area contributed by atoms with Gasteiger partial charge in [0.15, 0.2) is 0 Å². The highest BCUT2D eigenvalue weighted by atomic mass is 32.2. The van der Waals surface area contributed by atoms with Crippen LogP contribution in [-0.2, 0) is 30.0 Å². The Kier molecular flexibility index (Phi) is 3.34. The van der Waals surface area contributed by atoms with Gasteiger partial charge in [0.1, 0.15) is 9.77 Å². The number of hydrogen-bond acceptors (Lipinski definition) is 5. The lowest BCUT2D eigenvalue weighted by molar-refractivity contribution is 0.0702. The van der Waals surface area contributed by atoms with Crippen molar-refractivity contribution in [3.8, 4) is 0 Å². The van der Waals surface area contributed by atoms with Crippen LogP contribution in [0.3, 0.4) is 0 Å². The van der Waals surface area contributed by atoms with Gasteiger partial charge in [-0.2, -0.15) is 9.40 Å². The SMILES string of the molecule is Cn1cc(S(=O)(=O)N2CCc3cc(C(=O)O)sc3C2)cn1. The summed E-state index contributed by atoms with van der Waals surface area (Å²) in [7, 11) is -1.93. The first-order valence-electron chi connectivity index (χ1n) is 6.21. The Morgan fingerprint density at radius 2 is 2.24 bits per heavy atom. The van der Waals surface area contributed by atoms with Crippen LogP contribution in [0, 0.1) is 0 Å². The van der Waals surface area contributed by atoms with E-state index in [9.17, 15) is 13.2 Å². The number of aryl methyl sites for hydroxylation is 1. The molecule has 3 rings (SSSR count). The molecule has 1 aliphatic rings. The highest BCUT2D eigenvalue weighted by molar-refractivity contribution is 7.89. The number of sulfonamides is 1. The molecule has 0 saturated heterocycles. The van der Waals surface area contributed by atoms with Crippen LogP contribution in [0.2, 0.25) is 0 Å². The van der Waals surface area contributed by atoms with E-state index in [0.29, 0.717) is 13.0 Å². The summed E-state index contributed by atoms with van der Waals surface area (Å²) >= 11 is 1.14. The maximum Gasteiger partial charge on any atom is 0.345 e. The number of carboxylic acids is 1. The zero-order valence-corrected chi connectivity index (χ0v) is 12.8. The van der Waals surface area contributed by atoms with Crippen LogP contribution < -0.4 is 0 Å². The number of rotatable bonds is 3. The molecule has 0 aliphatic carbocycles. The summed E-state index contributed by atoms with van der Waals surface area (Å²) in [6, 6.07) is 1.64. The molecule has 0 amide bonds. The third-order valence-electron chi connectivity index (χ3n) is 3.38. The summed E-state index contributed by atoms with van der Waals surface area (Å²) in [4.78, 5) is 12.2. The summed E-state index contributed by atoms with van der Waals surface area (Å²) in [6.45, 7) is 0.560. The molecular formula is C12H13N3O4S2. The first-order chi connectivity index (χ1) is 9.88. The molecule has 2 aromatic heterocycles. The van der Waals surface area contributed by atoms with E-state index in [1.54, 1.807) is 13.1 Å². The molecule has 1 N–H and O–H groups in total. The minimum absolute atomic E-state index is 0.156. The molecule has 0 unspecified atom stereocenters. The zero-order chi connectivity index (χ0) is 15.2. The highest BCUT2D eigenvalue weighted by Crippen LogP contribution is 2.30. The maximum atomic E-state index is 12.5. The monoisotopic (exact) mass is 327 g/mol. The molecular weight excluding hydrogens is 314 g/mol. The van der Waals surface area contributed by atoms with Crippen molar-refractivity contribution < 1.29 is 18.3 Å². The van der Waals surface area contributed by atoms with Crippen LogP contribution in [0.5, 0.6) is 0 Å². The summed E-state index contributed by atoms with van der Waals surface area (Å²) in [5.74, 6) is -0.976. The second kappa shape index (κ2) is 4.93. The van der Waals surface area contributed by atoms with E-state index < -0.39 is 16.0 Å². The average Bonchev–Trinajstić information content (AvgIpc) is 3.03. The smallest absolute Gasteiger partial charge is 0.345 e. The molecule has 3 heterocycles. The van der Waals surface area contributed by atoms with E-state index in [1.807, 2.05) is 0 Å². The van der Waals surface area contributed by atoms with Gasteiger partial charge >= 0.3 is 5.97 Å². The van der Waals surface area contributed by atoms with Crippen LogP contribution in [0.15, 0.2) is 23.4 Å². The normalized spacial score (nSPS) is 15.9. The van der Waals surface area contributed by atoms with Gasteiger partial charge in [0.05, 0.1) is 6.20 Å². The molecule has 0 atom stereocenters. The summed E-state index contributed by atoms with van der Waals surface area (Å²) in [5.41, 5.74) is 0.926. The van der Waals surface area contributed by atoms with E-state index in [2.05, 4.69) is 5.10 Å². The van der Waals surface area contributed by atoms with Crippen LogP contribution in [0.4, 0.5) is 0 Å². The predicted octanol–water partition coefficient (Wildman–Crippen LogP) is 0.927. The first-order valence-corrected chi connectivity index (χ1v) is 8.47. The van der Waals surface area contributed by atoms with Crippen molar-refractivity contribution in [2.75, 3.05) is 6.54 Å². The third kappa shape index (κ3) is 2.47. The Balaban J connectivity index is 1.90. The molecule has 21 heavy (non-hydrogen) atoms. The van der Waals surface area contributed by atoms with Gasteiger partial charge in [-0.3, -0.25) is 4.68 Å². The van der Waals surface area contributed by atoms with Gasteiger partial charge < -0.3 is 5.11 Å². The van der Waals surface area contributed by atoms with Crippen molar-refractivity contribution in [3.63, 3.8) is 0 Å². The van der Waals surface area contributed by atoms with Crippen molar-refractivity contribution in [1.82, 2.24) is 14.1 Å². The number of fused-ring (bicyclic) bond motifs is 1. The lowest BCUT2D eigenvalue weighted by atomic mass is 10.1. The Bertz CT molecular complexity index is 806. The standard InChI is InChI=1S/C12H13N3O4S2/c1-14-6-9(5-13-14)21(18,19)15-3-2-8-4-10(12(16)17)20-11(8)7-15/h4-6H,2-3,7H2,1H3,(H,16,17). The van der Waals surface area contributed by atoms with E-state index >= 15 is 0 Å². The van der Waals surface area contributed by atoms with E-state index in [-0.39, 0.29) is 16.3 Å². The van der Waals surface area contributed by atoms with Crippen LogP contribution in [-0.4, -0.2) is 40.1 Å². The van der Waals surface area contributed by atoms with Gasteiger partial charge in [-0.05, 0) is 18.1 Å². The number of hydrogen-bond donors (Lipinski definition) is 1. The summed E-state index contributed by atoms with van der Waals surface area (Å²) < 4.78 is 27.8.